The second kappa shape index (κ2) is 18.2. The van der Waals surface area contributed by atoms with Crippen LogP contribution in [0.2, 0.25) is 20.1 Å². The van der Waals surface area contributed by atoms with Gasteiger partial charge in [0.2, 0.25) is 11.8 Å². The Morgan fingerprint density at radius 2 is 1.71 bits per heavy atom. The minimum atomic E-state index is -0.692. The molecule has 2 unspecified atom stereocenters. The summed E-state index contributed by atoms with van der Waals surface area (Å²) in [6.45, 7) is 2.55. The molecule has 2 heterocycles. The van der Waals surface area contributed by atoms with E-state index >= 15 is 0 Å². The molecule has 2 aliphatic heterocycles. The van der Waals surface area contributed by atoms with Crippen molar-refractivity contribution in [3.63, 3.8) is 0 Å². The summed E-state index contributed by atoms with van der Waals surface area (Å²) in [6, 6.07) is 10.1. The maximum absolute atomic E-state index is 13.4. The number of nitrogens with one attached hydrogen (secondary N) is 1. The summed E-state index contributed by atoms with van der Waals surface area (Å²) in [5, 5.41) is 8.36. The molecule has 4 rings (SSSR count). The van der Waals surface area contributed by atoms with Gasteiger partial charge in [-0.15, -0.1) is 0 Å². The SMILES string of the molecule is CNC(=O)CC1CCCN(C2CCN(CCC(/C(CN(C)C(=O)c3cc(Cl)cc(Cl)c3)=N/OCC(N)=O)c3ccc(Cl)c(Cl)c3)CC2)C1=O. The molecule has 266 valence electrons. The van der Waals surface area contributed by atoms with Gasteiger partial charge in [-0.3, -0.25) is 19.2 Å². The minimum absolute atomic E-state index is 0.0446. The van der Waals surface area contributed by atoms with Crippen LogP contribution in [0.4, 0.5) is 0 Å². The Labute approximate surface area is 306 Å². The average Bonchev–Trinajstić information content (AvgIpc) is 3.06. The number of carbonyl (C=O) groups excluding carboxylic acids is 4. The highest BCUT2D eigenvalue weighted by atomic mass is 35.5. The summed E-state index contributed by atoms with van der Waals surface area (Å²) in [7, 11) is 3.21. The number of benzene rings is 2. The van der Waals surface area contributed by atoms with Crippen LogP contribution in [-0.4, -0.2) is 104 Å². The number of nitrogens with zero attached hydrogens (tertiary/aromatic N) is 4. The molecule has 11 nitrogen and oxygen atoms in total. The largest absolute Gasteiger partial charge is 0.386 e. The molecular weight excluding hydrogens is 714 g/mol. The molecule has 4 amide bonds. The van der Waals surface area contributed by atoms with E-state index in [-0.39, 0.29) is 48.6 Å². The average molecular weight is 757 g/mol. The number of rotatable bonds is 14. The molecule has 2 atom stereocenters. The van der Waals surface area contributed by atoms with E-state index in [1.807, 2.05) is 11.0 Å². The van der Waals surface area contributed by atoms with Gasteiger partial charge in [-0.25, -0.2) is 0 Å². The number of oxime groups is 1. The van der Waals surface area contributed by atoms with E-state index in [1.165, 1.54) is 17.0 Å². The van der Waals surface area contributed by atoms with E-state index in [0.717, 1.165) is 44.3 Å². The number of amides is 4. The van der Waals surface area contributed by atoms with Gasteiger partial charge in [0.25, 0.3) is 11.8 Å². The first-order chi connectivity index (χ1) is 23.4. The first-order valence-corrected chi connectivity index (χ1v) is 17.7. The molecule has 3 N–H and O–H groups in total. The van der Waals surface area contributed by atoms with Crippen molar-refractivity contribution in [2.24, 2.45) is 16.8 Å². The number of carbonyl (C=O) groups is 4. The van der Waals surface area contributed by atoms with Crippen LogP contribution in [0, 0.1) is 5.92 Å². The van der Waals surface area contributed by atoms with Crippen LogP contribution >= 0.6 is 46.4 Å². The quantitative estimate of drug-likeness (QED) is 0.200. The molecule has 0 bridgehead atoms. The van der Waals surface area contributed by atoms with Crippen molar-refractivity contribution in [2.75, 3.05) is 53.4 Å². The standard InChI is InChI=1S/C34H42Cl4N6O5/c1-40-32(46)17-22-4-3-10-44(34(22)48)26-7-11-43(12-8-26)13-9-27(21-5-6-28(37)29(38)16-21)30(41-49-20-31(39)45)19-42(2)33(47)23-14-24(35)18-25(36)15-23/h5-6,14-16,18,22,26-27H,3-4,7-13,17,19-20H2,1-2H3,(H2,39,45)(H,40,46)/b41-30+. The van der Waals surface area contributed by atoms with Gasteiger partial charge in [-0.05, 0) is 74.5 Å². The molecule has 2 aliphatic rings. The summed E-state index contributed by atoms with van der Waals surface area (Å²) in [5.41, 5.74) is 6.90. The number of hydrogen-bond acceptors (Lipinski definition) is 7. The summed E-state index contributed by atoms with van der Waals surface area (Å²) in [4.78, 5) is 61.3. The highest BCUT2D eigenvalue weighted by Crippen LogP contribution is 2.32. The van der Waals surface area contributed by atoms with Gasteiger partial charge in [0, 0.05) is 73.6 Å². The van der Waals surface area contributed by atoms with Crippen LogP contribution in [0.5, 0.6) is 0 Å². The van der Waals surface area contributed by atoms with Gasteiger partial charge >= 0.3 is 0 Å². The first kappa shape index (κ1) is 38.7. The predicted molar refractivity (Wildman–Crippen MR) is 192 cm³/mol. The summed E-state index contributed by atoms with van der Waals surface area (Å²) in [6.07, 6.45) is 4.05. The summed E-state index contributed by atoms with van der Waals surface area (Å²) >= 11 is 25.0. The molecule has 2 saturated heterocycles. The Morgan fingerprint density at radius 1 is 1.02 bits per heavy atom. The van der Waals surface area contributed by atoms with Gasteiger partial charge in [0.1, 0.15) is 0 Å². The highest BCUT2D eigenvalue weighted by Gasteiger charge is 2.36. The Kier molecular flexibility index (Phi) is 14.4. The minimum Gasteiger partial charge on any atom is -0.386 e. The monoisotopic (exact) mass is 754 g/mol. The van der Waals surface area contributed by atoms with Crippen LogP contribution in [0.1, 0.15) is 60.4 Å². The Balaban J connectivity index is 1.50. The Bertz CT molecular complexity index is 1530. The van der Waals surface area contributed by atoms with E-state index in [9.17, 15) is 19.2 Å². The number of nitrogens with two attached hydrogens (primary N) is 1. The molecule has 49 heavy (non-hydrogen) atoms. The van der Waals surface area contributed by atoms with Crippen LogP contribution in [-0.2, 0) is 19.2 Å². The Morgan fingerprint density at radius 3 is 2.35 bits per heavy atom. The molecule has 2 aromatic carbocycles. The van der Waals surface area contributed by atoms with Crippen molar-refractivity contribution in [1.29, 1.82) is 0 Å². The number of primary amides is 1. The van der Waals surface area contributed by atoms with Crippen LogP contribution in [0.25, 0.3) is 0 Å². The van der Waals surface area contributed by atoms with Crippen molar-refractivity contribution in [1.82, 2.24) is 20.0 Å². The molecule has 0 saturated carbocycles. The molecule has 0 aliphatic carbocycles. The predicted octanol–water partition coefficient (Wildman–Crippen LogP) is 5.24. The van der Waals surface area contributed by atoms with Crippen molar-refractivity contribution in [3.05, 3.63) is 67.6 Å². The lowest BCUT2D eigenvalue weighted by molar-refractivity contribution is -0.144. The third-order valence-corrected chi connectivity index (χ3v) is 10.2. The van der Waals surface area contributed by atoms with Crippen molar-refractivity contribution in [3.8, 4) is 0 Å². The lowest BCUT2D eigenvalue weighted by Gasteiger charge is -2.42. The van der Waals surface area contributed by atoms with Crippen LogP contribution in [0.3, 0.4) is 0 Å². The van der Waals surface area contributed by atoms with Gasteiger partial charge in [0.15, 0.2) is 6.61 Å². The first-order valence-electron chi connectivity index (χ1n) is 16.2. The normalized spacial score (nSPS) is 18.2. The molecule has 15 heteroatoms. The van der Waals surface area contributed by atoms with E-state index in [0.29, 0.717) is 50.9 Å². The molecule has 0 spiro atoms. The van der Waals surface area contributed by atoms with Gasteiger partial charge in [-0.1, -0.05) is 57.6 Å². The highest BCUT2D eigenvalue weighted by molar-refractivity contribution is 6.42. The number of hydrogen-bond donors (Lipinski definition) is 2. The van der Waals surface area contributed by atoms with Crippen molar-refractivity contribution < 1.29 is 24.0 Å². The maximum atomic E-state index is 13.4. The van der Waals surface area contributed by atoms with E-state index in [2.05, 4.69) is 15.4 Å². The van der Waals surface area contributed by atoms with E-state index < -0.39 is 12.5 Å². The third kappa shape index (κ3) is 10.9. The fourth-order valence-corrected chi connectivity index (χ4v) is 7.30. The lowest BCUT2D eigenvalue weighted by atomic mass is 9.89. The Hall–Kier alpha value is -3.09. The molecule has 2 fully saturated rings. The maximum Gasteiger partial charge on any atom is 0.258 e. The number of piperidine rings is 2. The second-order valence-electron chi connectivity index (χ2n) is 12.5. The summed E-state index contributed by atoms with van der Waals surface area (Å²) in [5.74, 6) is -1.72. The smallest absolute Gasteiger partial charge is 0.258 e. The second-order valence-corrected chi connectivity index (χ2v) is 14.2. The molecule has 0 radical (unpaired) electrons. The topological polar surface area (TPSA) is 138 Å². The van der Waals surface area contributed by atoms with E-state index in [4.69, 9.17) is 57.0 Å². The van der Waals surface area contributed by atoms with E-state index in [1.54, 1.807) is 32.3 Å². The lowest BCUT2D eigenvalue weighted by Crippen LogP contribution is -2.52. The number of likely N-dealkylation sites (tertiary alicyclic amines) is 2. The zero-order chi connectivity index (χ0) is 35.7. The fourth-order valence-electron chi connectivity index (χ4n) is 6.47. The fraction of sp³-hybridized carbons (Fsp3) is 0.500. The molecule has 2 aromatic rings. The van der Waals surface area contributed by atoms with Gasteiger partial charge in [0.05, 0.1) is 22.3 Å². The van der Waals surface area contributed by atoms with Gasteiger partial charge < -0.3 is 30.6 Å². The summed E-state index contributed by atoms with van der Waals surface area (Å²) < 4.78 is 0. The number of halogens is 4. The van der Waals surface area contributed by atoms with Crippen LogP contribution < -0.4 is 11.1 Å². The molecule has 0 aromatic heterocycles. The van der Waals surface area contributed by atoms with Crippen molar-refractivity contribution in [2.45, 2.75) is 50.5 Å². The molecular formula is C34H42Cl4N6O5. The zero-order valence-electron chi connectivity index (χ0n) is 27.6. The van der Waals surface area contributed by atoms with Crippen LogP contribution in [0.15, 0.2) is 41.6 Å². The third-order valence-electron chi connectivity index (χ3n) is 9.02. The van der Waals surface area contributed by atoms with Gasteiger partial charge in [-0.2, -0.15) is 0 Å². The zero-order valence-corrected chi connectivity index (χ0v) is 30.6. The van der Waals surface area contributed by atoms with Crippen molar-refractivity contribution >= 4 is 75.7 Å².